The molecule has 0 saturated heterocycles. The molecule has 3 N–H and O–H groups in total. The van der Waals surface area contributed by atoms with Crippen LogP contribution >= 0.6 is 28.3 Å². The predicted octanol–water partition coefficient (Wildman–Crippen LogP) is 3.76. The molecule has 0 unspecified atom stereocenters. The van der Waals surface area contributed by atoms with Crippen molar-refractivity contribution in [2.75, 3.05) is 0 Å². The first-order chi connectivity index (χ1) is 6.72. The molecular weight excluding hydrogens is 275 g/mol. The van der Waals surface area contributed by atoms with Gasteiger partial charge in [-0.05, 0) is 30.2 Å². The molecule has 0 aliphatic carbocycles. The fourth-order valence-electron chi connectivity index (χ4n) is 1.64. The van der Waals surface area contributed by atoms with E-state index >= 15 is 0 Å². The Hall–Kier alpha value is -0.510. The Balaban J connectivity index is 0.00000112. The van der Waals surface area contributed by atoms with Crippen LogP contribution in [0.1, 0.15) is 24.9 Å². The molecule has 0 fully saturated rings. The summed E-state index contributed by atoms with van der Waals surface area (Å²) in [6.45, 7) is 2.10. The van der Waals surface area contributed by atoms with Crippen LogP contribution in [0.25, 0.3) is 10.9 Å². The first kappa shape index (κ1) is 12.6. The van der Waals surface area contributed by atoms with Crippen LogP contribution in [0.2, 0.25) is 0 Å². The maximum absolute atomic E-state index is 6.02. The van der Waals surface area contributed by atoms with E-state index < -0.39 is 0 Å². The van der Waals surface area contributed by atoms with Crippen molar-refractivity contribution in [2.45, 2.75) is 19.4 Å². The number of aromatic amines is 1. The third-order valence-electron chi connectivity index (χ3n) is 2.52. The minimum absolute atomic E-state index is 0. The summed E-state index contributed by atoms with van der Waals surface area (Å²) in [5.74, 6) is 0. The number of hydrogen-bond donors (Lipinski definition) is 2. The highest BCUT2D eigenvalue weighted by molar-refractivity contribution is 9.10. The summed E-state index contributed by atoms with van der Waals surface area (Å²) >= 11 is 3.47. The molecule has 0 spiro atoms. The Morgan fingerprint density at radius 2 is 2.20 bits per heavy atom. The molecule has 15 heavy (non-hydrogen) atoms. The highest BCUT2D eigenvalue weighted by Crippen LogP contribution is 2.27. The predicted molar refractivity (Wildman–Crippen MR) is 70.5 cm³/mol. The van der Waals surface area contributed by atoms with Crippen LogP contribution in [0.15, 0.2) is 28.9 Å². The molecule has 1 heterocycles. The van der Waals surface area contributed by atoms with Crippen LogP contribution in [0.4, 0.5) is 0 Å². The Morgan fingerprint density at radius 1 is 1.47 bits per heavy atom. The van der Waals surface area contributed by atoms with Crippen LogP contribution in [0.3, 0.4) is 0 Å². The molecule has 2 nitrogen and oxygen atoms in total. The summed E-state index contributed by atoms with van der Waals surface area (Å²) in [6.07, 6.45) is 2.96. The molecule has 1 aromatic carbocycles. The normalized spacial score (nSPS) is 12.5. The number of aromatic nitrogens is 1. The van der Waals surface area contributed by atoms with Gasteiger partial charge in [0.2, 0.25) is 0 Å². The second kappa shape index (κ2) is 5.01. The maximum Gasteiger partial charge on any atom is 0.0458 e. The van der Waals surface area contributed by atoms with E-state index in [0.29, 0.717) is 0 Å². The first-order valence-electron chi connectivity index (χ1n) is 4.74. The molecular formula is C11H14BrClN2. The monoisotopic (exact) mass is 288 g/mol. The molecule has 82 valence electrons. The second-order valence-electron chi connectivity index (χ2n) is 3.45. The molecule has 2 rings (SSSR count). The summed E-state index contributed by atoms with van der Waals surface area (Å²) in [7, 11) is 0. The number of nitrogens with one attached hydrogen (secondary N) is 1. The lowest BCUT2D eigenvalue weighted by atomic mass is 10.0. The van der Waals surface area contributed by atoms with E-state index in [-0.39, 0.29) is 18.4 Å². The van der Waals surface area contributed by atoms with Crippen molar-refractivity contribution >= 4 is 39.2 Å². The van der Waals surface area contributed by atoms with E-state index in [1.807, 2.05) is 12.3 Å². The van der Waals surface area contributed by atoms with E-state index in [2.05, 4.69) is 40.0 Å². The van der Waals surface area contributed by atoms with E-state index in [1.54, 1.807) is 0 Å². The highest BCUT2D eigenvalue weighted by Gasteiger charge is 2.09. The Kier molecular flexibility index (Phi) is 4.20. The lowest BCUT2D eigenvalue weighted by Gasteiger charge is -2.06. The number of H-pyrrole nitrogens is 1. The van der Waals surface area contributed by atoms with Crippen molar-refractivity contribution in [3.63, 3.8) is 0 Å². The van der Waals surface area contributed by atoms with Gasteiger partial charge in [-0.2, -0.15) is 0 Å². The number of hydrogen-bond acceptors (Lipinski definition) is 1. The van der Waals surface area contributed by atoms with Crippen molar-refractivity contribution in [1.82, 2.24) is 4.98 Å². The zero-order valence-corrected chi connectivity index (χ0v) is 10.9. The van der Waals surface area contributed by atoms with E-state index in [4.69, 9.17) is 5.73 Å². The smallest absolute Gasteiger partial charge is 0.0458 e. The van der Waals surface area contributed by atoms with Gasteiger partial charge >= 0.3 is 0 Å². The Bertz CT molecular complexity index is 453. The van der Waals surface area contributed by atoms with Crippen LogP contribution in [-0.4, -0.2) is 4.98 Å². The van der Waals surface area contributed by atoms with E-state index in [1.165, 1.54) is 10.9 Å². The zero-order valence-electron chi connectivity index (χ0n) is 8.46. The lowest BCUT2D eigenvalue weighted by Crippen LogP contribution is -2.07. The van der Waals surface area contributed by atoms with Crippen LogP contribution in [-0.2, 0) is 0 Å². The maximum atomic E-state index is 6.02. The van der Waals surface area contributed by atoms with E-state index in [0.717, 1.165) is 16.4 Å². The summed E-state index contributed by atoms with van der Waals surface area (Å²) in [4.78, 5) is 3.23. The SMILES string of the molecule is CC[C@H](N)c1c[nH]c2ccc(Br)cc12.Cl. The lowest BCUT2D eigenvalue weighted by molar-refractivity contribution is 0.704. The van der Waals surface area contributed by atoms with Crippen molar-refractivity contribution in [2.24, 2.45) is 5.73 Å². The van der Waals surface area contributed by atoms with Crippen molar-refractivity contribution in [3.8, 4) is 0 Å². The van der Waals surface area contributed by atoms with Gasteiger partial charge in [0.25, 0.3) is 0 Å². The molecule has 0 amide bonds. The Labute approximate surface area is 104 Å². The van der Waals surface area contributed by atoms with Crippen molar-refractivity contribution in [1.29, 1.82) is 0 Å². The fourth-order valence-corrected chi connectivity index (χ4v) is 2.00. The summed E-state index contributed by atoms with van der Waals surface area (Å²) in [6, 6.07) is 6.32. The second-order valence-corrected chi connectivity index (χ2v) is 4.36. The molecule has 0 aliphatic heterocycles. The van der Waals surface area contributed by atoms with Gasteiger partial charge in [-0.1, -0.05) is 22.9 Å². The third-order valence-corrected chi connectivity index (χ3v) is 3.01. The molecule has 2 aromatic rings. The van der Waals surface area contributed by atoms with Crippen LogP contribution < -0.4 is 5.73 Å². The van der Waals surface area contributed by atoms with Crippen LogP contribution in [0.5, 0.6) is 0 Å². The topological polar surface area (TPSA) is 41.8 Å². The molecule has 1 aromatic heterocycles. The highest BCUT2D eigenvalue weighted by atomic mass is 79.9. The largest absolute Gasteiger partial charge is 0.361 e. The van der Waals surface area contributed by atoms with Crippen LogP contribution in [0, 0.1) is 0 Å². The third kappa shape index (κ3) is 2.36. The summed E-state index contributed by atoms with van der Waals surface area (Å²) < 4.78 is 1.09. The molecule has 0 bridgehead atoms. The average Bonchev–Trinajstić information content (AvgIpc) is 2.59. The minimum Gasteiger partial charge on any atom is -0.361 e. The molecule has 1 atom stereocenters. The number of rotatable bonds is 2. The molecule has 0 aliphatic rings. The Morgan fingerprint density at radius 3 is 2.87 bits per heavy atom. The summed E-state index contributed by atoms with van der Waals surface area (Å²) in [5, 5.41) is 1.22. The number of nitrogens with two attached hydrogens (primary N) is 1. The van der Waals surface area contributed by atoms with E-state index in [9.17, 15) is 0 Å². The standard InChI is InChI=1S/C11H13BrN2.ClH/c1-2-10(13)9-6-14-11-4-3-7(12)5-8(9)11;/h3-6,10,14H,2,13H2,1H3;1H/t10-;/m0./s1. The first-order valence-corrected chi connectivity index (χ1v) is 5.53. The van der Waals surface area contributed by atoms with Gasteiger partial charge < -0.3 is 10.7 Å². The molecule has 4 heteroatoms. The van der Waals surface area contributed by atoms with Gasteiger partial charge in [-0.3, -0.25) is 0 Å². The number of benzene rings is 1. The average molecular weight is 290 g/mol. The quantitative estimate of drug-likeness (QED) is 0.868. The van der Waals surface area contributed by atoms with Gasteiger partial charge in [0.1, 0.15) is 0 Å². The van der Waals surface area contributed by atoms with Crippen molar-refractivity contribution < 1.29 is 0 Å². The summed E-state index contributed by atoms with van der Waals surface area (Å²) in [5.41, 5.74) is 8.36. The van der Waals surface area contributed by atoms with Crippen molar-refractivity contribution in [3.05, 3.63) is 34.4 Å². The molecule has 0 saturated carbocycles. The van der Waals surface area contributed by atoms with Gasteiger partial charge in [-0.15, -0.1) is 12.4 Å². The van der Waals surface area contributed by atoms with Gasteiger partial charge in [0.05, 0.1) is 0 Å². The van der Waals surface area contributed by atoms with Gasteiger partial charge in [-0.25, -0.2) is 0 Å². The molecule has 0 radical (unpaired) electrons. The zero-order chi connectivity index (χ0) is 10.1. The van der Waals surface area contributed by atoms with Gasteiger partial charge in [0.15, 0.2) is 0 Å². The number of halogens is 2. The minimum atomic E-state index is 0. The fraction of sp³-hybridized carbons (Fsp3) is 0.273. The number of fused-ring (bicyclic) bond motifs is 1. The van der Waals surface area contributed by atoms with Gasteiger partial charge in [0, 0.05) is 27.6 Å².